The normalized spacial score (nSPS) is 8.83. The summed E-state index contributed by atoms with van der Waals surface area (Å²) >= 11 is 0. The summed E-state index contributed by atoms with van der Waals surface area (Å²) in [6, 6.07) is 18.8. The molecule has 4 heteroatoms. The first-order valence-electron chi connectivity index (χ1n) is 5.24. The number of nitriles is 1. The summed E-state index contributed by atoms with van der Waals surface area (Å²) in [6.07, 6.45) is 0. The van der Waals surface area contributed by atoms with E-state index < -0.39 is 0 Å². The quantitative estimate of drug-likeness (QED) is 0.840. The molecular formula is C14H9N3O. The number of carbonyl (C=O) groups is 1. The Balaban J connectivity index is 1.97. The second-order valence-electron chi connectivity index (χ2n) is 3.49. The molecule has 0 aliphatic heterocycles. The van der Waals surface area contributed by atoms with E-state index in [1.807, 2.05) is 6.07 Å². The van der Waals surface area contributed by atoms with E-state index in [4.69, 9.17) is 5.26 Å². The van der Waals surface area contributed by atoms with Crippen molar-refractivity contribution in [3.05, 3.63) is 60.2 Å². The summed E-state index contributed by atoms with van der Waals surface area (Å²) in [6.45, 7) is 0. The van der Waals surface area contributed by atoms with Crippen molar-refractivity contribution in [1.82, 2.24) is 0 Å². The van der Waals surface area contributed by atoms with E-state index in [0.717, 1.165) is 0 Å². The van der Waals surface area contributed by atoms with Gasteiger partial charge in [-0.1, -0.05) is 12.1 Å². The maximum atomic E-state index is 11.6. The minimum absolute atomic E-state index is 0.348. The molecule has 0 aliphatic rings. The topological polar surface area (TPSA) is 64.9 Å². The van der Waals surface area contributed by atoms with E-state index in [2.05, 4.69) is 22.8 Å². The smallest absolute Gasteiger partial charge is 0.308 e. The first-order chi connectivity index (χ1) is 8.78. The summed E-state index contributed by atoms with van der Waals surface area (Å²) in [7, 11) is 0. The molecule has 0 heterocycles. The van der Waals surface area contributed by atoms with Crippen molar-refractivity contribution >= 4 is 17.4 Å². The third-order valence-electron chi connectivity index (χ3n) is 2.19. The molecule has 2 aromatic rings. The maximum Gasteiger partial charge on any atom is 0.323 e. The van der Waals surface area contributed by atoms with Crippen LogP contribution in [0.25, 0.3) is 0 Å². The van der Waals surface area contributed by atoms with Crippen LogP contribution in [0.4, 0.5) is 16.2 Å². The monoisotopic (exact) mass is 235 g/mol. The third kappa shape index (κ3) is 3.01. The van der Waals surface area contributed by atoms with Crippen LogP contribution in [0, 0.1) is 23.5 Å². The standard InChI is InChI=1S/C14H9N3O/c15-10-11-6-8-13(9-7-11)17-14(18)16-12-4-2-1-3-5-12/h2,4-9H,(H2,16,17,18). The van der Waals surface area contributed by atoms with E-state index in [0.29, 0.717) is 16.9 Å². The van der Waals surface area contributed by atoms with Crippen LogP contribution in [0.3, 0.4) is 0 Å². The molecule has 0 atom stereocenters. The lowest BCUT2D eigenvalue weighted by atomic mass is 10.2. The maximum absolute atomic E-state index is 11.6. The van der Waals surface area contributed by atoms with Gasteiger partial charge in [0.25, 0.3) is 0 Å². The lowest BCUT2D eigenvalue weighted by Crippen LogP contribution is -2.19. The number of benzene rings is 1. The van der Waals surface area contributed by atoms with E-state index in [1.165, 1.54) is 0 Å². The van der Waals surface area contributed by atoms with E-state index in [1.54, 1.807) is 42.5 Å². The van der Waals surface area contributed by atoms with Gasteiger partial charge in [0.1, 0.15) is 0 Å². The first-order valence-corrected chi connectivity index (χ1v) is 5.24. The number of anilines is 2. The van der Waals surface area contributed by atoms with Gasteiger partial charge in [-0.2, -0.15) is 5.26 Å². The molecule has 2 rings (SSSR count). The molecule has 0 fully saturated rings. The molecule has 4 nitrogen and oxygen atoms in total. The fraction of sp³-hybridized carbons (Fsp3) is 0. The third-order valence-corrected chi connectivity index (χ3v) is 2.19. The number of hydrogen-bond donors (Lipinski definition) is 2. The molecule has 0 bridgehead atoms. The lowest BCUT2D eigenvalue weighted by Gasteiger charge is -2.06. The molecule has 86 valence electrons. The predicted octanol–water partition coefficient (Wildman–Crippen LogP) is 2.80. The Morgan fingerprint density at radius 3 is 2.39 bits per heavy atom. The van der Waals surface area contributed by atoms with Gasteiger partial charge in [0.15, 0.2) is 0 Å². The van der Waals surface area contributed by atoms with Crippen molar-refractivity contribution in [3.8, 4) is 6.07 Å². The largest absolute Gasteiger partial charge is 0.323 e. The lowest BCUT2D eigenvalue weighted by molar-refractivity contribution is 0.262. The number of carbonyl (C=O) groups excluding carboxylic acids is 1. The van der Waals surface area contributed by atoms with E-state index in [9.17, 15) is 4.79 Å². The highest BCUT2D eigenvalue weighted by Crippen LogP contribution is 2.10. The SMILES string of the molecule is N#Cc1ccc(NC(=O)Nc2cc#ccc2)cc1. The molecule has 0 aliphatic carbocycles. The molecule has 18 heavy (non-hydrogen) atoms. The Labute approximate surface area is 105 Å². The summed E-state index contributed by atoms with van der Waals surface area (Å²) in [5.74, 6) is 0. The van der Waals surface area contributed by atoms with Crippen molar-refractivity contribution in [2.75, 3.05) is 10.6 Å². The van der Waals surface area contributed by atoms with Gasteiger partial charge in [0.2, 0.25) is 0 Å². The first kappa shape index (κ1) is 11.5. The highest BCUT2D eigenvalue weighted by atomic mass is 16.2. The van der Waals surface area contributed by atoms with Gasteiger partial charge in [0.05, 0.1) is 17.3 Å². The van der Waals surface area contributed by atoms with Crippen molar-refractivity contribution in [3.63, 3.8) is 0 Å². The number of nitrogens with zero attached hydrogens (tertiary/aromatic N) is 1. The van der Waals surface area contributed by atoms with Crippen LogP contribution in [0.1, 0.15) is 5.56 Å². The van der Waals surface area contributed by atoms with Gasteiger partial charge in [-0.3, -0.25) is 0 Å². The van der Waals surface area contributed by atoms with Crippen LogP contribution in [0.2, 0.25) is 0 Å². The highest BCUT2D eigenvalue weighted by molar-refractivity contribution is 5.99. The average molecular weight is 235 g/mol. The minimum Gasteiger partial charge on any atom is -0.308 e. The number of nitrogens with one attached hydrogen (secondary N) is 2. The van der Waals surface area contributed by atoms with E-state index in [-0.39, 0.29) is 6.03 Å². The van der Waals surface area contributed by atoms with Crippen molar-refractivity contribution < 1.29 is 4.79 Å². The Bertz CT molecular complexity index is 570. The van der Waals surface area contributed by atoms with Gasteiger partial charge in [0, 0.05) is 11.8 Å². The zero-order valence-electron chi connectivity index (χ0n) is 9.40. The fourth-order valence-corrected chi connectivity index (χ4v) is 1.35. The molecule has 0 radical (unpaired) electrons. The highest BCUT2D eigenvalue weighted by Gasteiger charge is 2.01. The van der Waals surface area contributed by atoms with Crippen LogP contribution in [-0.2, 0) is 0 Å². The Kier molecular flexibility index (Phi) is 3.44. The molecule has 0 saturated carbocycles. The molecule has 0 saturated heterocycles. The van der Waals surface area contributed by atoms with Gasteiger partial charge in [-0.25, -0.2) is 4.79 Å². The van der Waals surface area contributed by atoms with Crippen molar-refractivity contribution in [1.29, 1.82) is 5.26 Å². The number of amides is 2. The van der Waals surface area contributed by atoms with Crippen molar-refractivity contribution in [2.24, 2.45) is 0 Å². The average Bonchev–Trinajstić information content (AvgIpc) is 2.40. The molecule has 2 N–H and O–H groups in total. The molecule has 2 aromatic carbocycles. The van der Waals surface area contributed by atoms with Crippen LogP contribution < -0.4 is 10.6 Å². The Morgan fingerprint density at radius 2 is 1.78 bits per heavy atom. The van der Waals surface area contributed by atoms with Crippen molar-refractivity contribution in [2.45, 2.75) is 0 Å². The summed E-state index contributed by atoms with van der Waals surface area (Å²) in [4.78, 5) is 11.6. The number of rotatable bonds is 2. The van der Waals surface area contributed by atoms with Crippen LogP contribution >= 0.6 is 0 Å². The molecule has 0 spiro atoms. The summed E-state index contributed by atoms with van der Waals surface area (Å²) in [5, 5.41) is 14.0. The van der Waals surface area contributed by atoms with Gasteiger partial charge < -0.3 is 10.6 Å². The Hall–Kier alpha value is -2.98. The number of hydrogen-bond acceptors (Lipinski definition) is 2. The zero-order chi connectivity index (χ0) is 12.8. The summed E-state index contributed by atoms with van der Waals surface area (Å²) in [5.41, 5.74) is 1.81. The van der Waals surface area contributed by atoms with Crippen LogP contribution in [0.15, 0.2) is 42.5 Å². The van der Waals surface area contributed by atoms with Gasteiger partial charge >= 0.3 is 6.03 Å². The van der Waals surface area contributed by atoms with Crippen LogP contribution in [0.5, 0.6) is 0 Å². The molecule has 0 aromatic heterocycles. The zero-order valence-corrected chi connectivity index (χ0v) is 9.40. The summed E-state index contributed by atoms with van der Waals surface area (Å²) < 4.78 is 0. The second-order valence-corrected chi connectivity index (χ2v) is 3.49. The van der Waals surface area contributed by atoms with Gasteiger partial charge in [-0.05, 0) is 36.4 Å². The predicted molar refractivity (Wildman–Crippen MR) is 67.9 cm³/mol. The van der Waals surface area contributed by atoms with Gasteiger partial charge in [-0.15, -0.1) is 0 Å². The number of urea groups is 1. The van der Waals surface area contributed by atoms with Crippen LogP contribution in [-0.4, -0.2) is 6.03 Å². The second kappa shape index (κ2) is 5.38. The molecule has 2 amide bonds. The fourth-order valence-electron chi connectivity index (χ4n) is 1.35. The molecular weight excluding hydrogens is 226 g/mol. The Morgan fingerprint density at radius 1 is 1.06 bits per heavy atom. The van der Waals surface area contributed by atoms with E-state index >= 15 is 0 Å². The minimum atomic E-state index is -0.348. The molecule has 0 unspecified atom stereocenters.